The van der Waals surface area contributed by atoms with Gasteiger partial charge in [0.25, 0.3) is 0 Å². The van der Waals surface area contributed by atoms with Crippen LogP contribution in [-0.2, 0) is 13.1 Å². The minimum Gasteiger partial charge on any atom is -0.293 e. The largest absolute Gasteiger partial charge is 0.293 e. The van der Waals surface area contributed by atoms with Gasteiger partial charge < -0.3 is 0 Å². The van der Waals surface area contributed by atoms with Crippen LogP contribution >= 0.6 is 0 Å². The van der Waals surface area contributed by atoms with Gasteiger partial charge in [-0.15, -0.1) is 0 Å². The third-order valence-electron chi connectivity index (χ3n) is 6.21. The van der Waals surface area contributed by atoms with E-state index in [0.29, 0.717) is 12.1 Å². The summed E-state index contributed by atoms with van der Waals surface area (Å²) in [5.74, 6) is 0. The van der Waals surface area contributed by atoms with Gasteiger partial charge in [-0.2, -0.15) is 0 Å². The number of hydrogen-bond donors (Lipinski definition) is 0. The van der Waals surface area contributed by atoms with Gasteiger partial charge in [-0.3, -0.25) is 19.8 Å². The van der Waals surface area contributed by atoms with Gasteiger partial charge in [0, 0.05) is 37.6 Å². The van der Waals surface area contributed by atoms with Gasteiger partial charge in [0.15, 0.2) is 0 Å². The molecular weight excluding hydrogens is 320 g/mol. The fourth-order valence-corrected chi connectivity index (χ4v) is 4.72. The van der Waals surface area contributed by atoms with E-state index < -0.39 is 0 Å². The quantitative estimate of drug-likeness (QED) is 0.823. The van der Waals surface area contributed by atoms with Crippen LogP contribution in [0, 0.1) is 13.8 Å². The second kappa shape index (κ2) is 7.85. The van der Waals surface area contributed by atoms with Crippen LogP contribution in [0.15, 0.2) is 36.7 Å². The van der Waals surface area contributed by atoms with E-state index in [9.17, 15) is 0 Å². The Kier molecular flexibility index (Phi) is 5.32. The highest BCUT2D eigenvalue weighted by atomic mass is 15.3. The van der Waals surface area contributed by atoms with E-state index >= 15 is 0 Å². The first-order valence-electron chi connectivity index (χ1n) is 10.0. The summed E-state index contributed by atoms with van der Waals surface area (Å²) in [6.45, 7) is 8.74. The Morgan fingerprint density at radius 1 is 0.808 bits per heavy atom. The average Bonchev–Trinajstić information content (AvgIpc) is 3.28. The van der Waals surface area contributed by atoms with E-state index in [2.05, 4.69) is 45.7 Å². The second-order valence-electron chi connectivity index (χ2n) is 7.89. The molecule has 2 aliphatic heterocycles. The van der Waals surface area contributed by atoms with Crippen molar-refractivity contribution in [3.63, 3.8) is 0 Å². The van der Waals surface area contributed by atoms with Crippen molar-refractivity contribution in [1.82, 2.24) is 19.8 Å². The van der Waals surface area contributed by atoms with Crippen molar-refractivity contribution in [3.05, 3.63) is 59.2 Å². The Morgan fingerprint density at radius 3 is 1.69 bits per heavy atom. The zero-order chi connectivity index (χ0) is 17.9. The molecule has 26 heavy (non-hydrogen) atoms. The maximum absolute atomic E-state index is 4.64. The van der Waals surface area contributed by atoms with Crippen molar-refractivity contribution in [2.24, 2.45) is 0 Å². The van der Waals surface area contributed by atoms with Gasteiger partial charge in [-0.05, 0) is 75.9 Å². The fourth-order valence-electron chi connectivity index (χ4n) is 4.72. The Labute approximate surface area is 157 Å². The first kappa shape index (κ1) is 17.6. The van der Waals surface area contributed by atoms with Crippen molar-refractivity contribution in [3.8, 4) is 0 Å². The van der Waals surface area contributed by atoms with Crippen molar-refractivity contribution < 1.29 is 0 Å². The van der Waals surface area contributed by atoms with Gasteiger partial charge in [0.05, 0.1) is 11.4 Å². The summed E-state index contributed by atoms with van der Waals surface area (Å²) >= 11 is 0. The lowest BCUT2D eigenvalue weighted by Gasteiger charge is -2.35. The predicted octanol–water partition coefficient (Wildman–Crippen LogP) is 3.72. The molecule has 0 aliphatic carbocycles. The summed E-state index contributed by atoms with van der Waals surface area (Å²) in [5.41, 5.74) is 5.10. The number of pyridine rings is 2. The highest BCUT2D eigenvalue weighted by Gasteiger charge is 2.38. The average molecular weight is 351 g/mol. The van der Waals surface area contributed by atoms with Gasteiger partial charge >= 0.3 is 0 Å². The minimum atomic E-state index is 0.655. The van der Waals surface area contributed by atoms with E-state index in [-0.39, 0.29) is 0 Å². The molecular formula is C22H30N4. The van der Waals surface area contributed by atoms with Crippen LogP contribution in [0.25, 0.3) is 0 Å². The molecule has 2 unspecified atom stereocenters. The van der Waals surface area contributed by atoms with Gasteiger partial charge in [-0.1, -0.05) is 12.1 Å². The molecule has 2 atom stereocenters. The van der Waals surface area contributed by atoms with Gasteiger partial charge in [0.2, 0.25) is 0 Å². The molecule has 138 valence electrons. The lowest BCUT2D eigenvalue weighted by Crippen LogP contribution is -2.45. The highest BCUT2D eigenvalue weighted by molar-refractivity contribution is 5.19. The Morgan fingerprint density at radius 2 is 1.27 bits per heavy atom. The molecule has 4 nitrogen and oxygen atoms in total. The van der Waals surface area contributed by atoms with Crippen LogP contribution in [0.2, 0.25) is 0 Å². The molecule has 2 fully saturated rings. The van der Waals surface area contributed by atoms with Crippen molar-refractivity contribution in [2.75, 3.05) is 13.1 Å². The smallest absolute Gasteiger partial charge is 0.0573 e. The third kappa shape index (κ3) is 3.67. The summed E-state index contributed by atoms with van der Waals surface area (Å²) in [6, 6.07) is 9.74. The molecule has 0 spiro atoms. The zero-order valence-electron chi connectivity index (χ0n) is 16.1. The number of nitrogens with zero attached hydrogens (tertiary/aromatic N) is 4. The molecule has 0 N–H and O–H groups in total. The highest BCUT2D eigenvalue weighted by Crippen LogP contribution is 2.32. The molecule has 0 amide bonds. The first-order valence-corrected chi connectivity index (χ1v) is 10.0. The molecule has 0 radical (unpaired) electrons. The van der Waals surface area contributed by atoms with Gasteiger partial charge in [-0.25, -0.2) is 0 Å². The standard InChI is InChI=1S/C22H30N4/c1-17-7-3-11-23-19(17)15-25-13-5-9-21(25)22-10-6-14-26(22)16-20-18(2)8-4-12-24-20/h3-4,7-8,11-12,21-22H,5-6,9-10,13-16H2,1-2H3. The maximum atomic E-state index is 4.64. The molecule has 0 aromatic carbocycles. The normalized spacial score (nSPS) is 24.4. The number of rotatable bonds is 5. The summed E-state index contributed by atoms with van der Waals surface area (Å²) in [4.78, 5) is 14.6. The van der Waals surface area contributed by atoms with Crippen LogP contribution in [-0.4, -0.2) is 44.9 Å². The molecule has 4 heterocycles. The first-order chi connectivity index (χ1) is 12.7. The van der Waals surface area contributed by atoms with Crippen LogP contribution in [0.1, 0.15) is 48.2 Å². The van der Waals surface area contributed by atoms with Gasteiger partial charge in [0.1, 0.15) is 0 Å². The van der Waals surface area contributed by atoms with E-state index in [0.717, 1.165) is 13.1 Å². The van der Waals surface area contributed by atoms with Crippen LogP contribution < -0.4 is 0 Å². The minimum absolute atomic E-state index is 0.655. The molecule has 2 saturated heterocycles. The Hall–Kier alpha value is -1.78. The monoisotopic (exact) mass is 350 g/mol. The summed E-state index contributed by atoms with van der Waals surface area (Å²) in [5, 5.41) is 0. The summed E-state index contributed by atoms with van der Waals surface area (Å²) < 4.78 is 0. The lowest BCUT2D eigenvalue weighted by molar-refractivity contribution is 0.122. The topological polar surface area (TPSA) is 32.3 Å². The molecule has 0 saturated carbocycles. The third-order valence-corrected chi connectivity index (χ3v) is 6.21. The van der Waals surface area contributed by atoms with Crippen molar-refractivity contribution in [1.29, 1.82) is 0 Å². The van der Waals surface area contributed by atoms with Crippen LogP contribution in [0.4, 0.5) is 0 Å². The second-order valence-corrected chi connectivity index (χ2v) is 7.89. The predicted molar refractivity (Wildman–Crippen MR) is 105 cm³/mol. The number of aromatic nitrogens is 2. The molecule has 2 aliphatic rings. The molecule has 0 bridgehead atoms. The summed E-state index contributed by atoms with van der Waals surface area (Å²) in [7, 11) is 0. The fraction of sp³-hybridized carbons (Fsp3) is 0.545. The maximum Gasteiger partial charge on any atom is 0.0573 e. The molecule has 4 heteroatoms. The molecule has 2 aromatic rings. The van der Waals surface area contributed by atoms with E-state index in [4.69, 9.17) is 0 Å². The van der Waals surface area contributed by atoms with E-state index in [1.807, 2.05) is 24.5 Å². The van der Waals surface area contributed by atoms with E-state index in [1.54, 1.807) is 0 Å². The van der Waals surface area contributed by atoms with E-state index in [1.165, 1.54) is 61.3 Å². The zero-order valence-corrected chi connectivity index (χ0v) is 16.1. The number of hydrogen-bond acceptors (Lipinski definition) is 4. The number of aryl methyl sites for hydroxylation is 2. The molecule has 2 aromatic heterocycles. The number of likely N-dealkylation sites (tertiary alicyclic amines) is 2. The lowest BCUT2D eigenvalue weighted by atomic mass is 10.0. The molecule has 4 rings (SSSR count). The van der Waals surface area contributed by atoms with Crippen LogP contribution in [0.5, 0.6) is 0 Å². The summed E-state index contributed by atoms with van der Waals surface area (Å²) in [6.07, 6.45) is 9.10. The Bertz CT molecular complexity index is 681. The Balaban J connectivity index is 1.48. The van der Waals surface area contributed by atoms with Crippen molar-refractivity contribution >= 4 is 0 Å². The van der Waals surface area contributed by atoms with Crippen molar-refractivity contribution in [2.45, 2.75) is 64.7 Å². The SMILES string of the molecule is Cc1cccnc1CN1CCCC1C1CCCN1Cc1ncccc1C. The van der Waals surface area contributed by atoms with Crippen LogP contribution in [0.3, 0.4) is 0 Å².